The summed E-state index contributed by atoms with van der Waals surface area (Å²) < 4.78 is 6.81. The Labute approximate surface area is 122 Å². The zero-order chi connectivity index (χ0) is 15.6. The van der Waals surface area contributed by atoms with Crippen LogP contribution in [0.25, 0.3) is 5.65 Å². The van der Waals surface area contributed by atoms with E-state index in [9.17, 15) is 9.59 Å². The number of aldehydes is 1. The molecule has 1 atom stereocenters. The maximum Gasteiger partial charge on any atom is 0.410 e. The fourth-order valence-corrected chi connectivity index (χ4v) is 1.82. The van der Waals surface area contributed by atoms with Crippen LogP contribution in [0.15, 0.2) is 24.7 Å². The van der Waals surface area contributed by atoms with E-state index in [0.717, 1.165) is 0 Å². The zero-order valence-electron chi connectivity index (χ0n) is 12.5. The fraction of sp³-hybridized carbons (Fsp3) is 0.429. The van der Waals surface area contributed by atoms with Crippen LogP contribution in [0, 0.1) is 0 Å². The van der Waals surface area contributed by atoms with E-state index in [1.54, 1.807) is 49.9 Å². The van der Waals surface area contributed by atoms with E-state index < -0.39 is 17.7 Å². The highest BCUT2D eigenvalue weighted by Crippen LogP contribution is 2.19. The molecule has 0 saturated heterocycles. The maximum atomic E-state index is 12.0. The van der Waals surface area contributed by atoms with Crippen LogP contribution >= 0.6 is 0 Å². The third-order valence-corrected chi connectivity index (χ3v) is 2.84. The molecule has 2 aromatic heterocycles. The van der Waals surface area contributed by atoms with E-state index in [1.165, 1.54) is 11.9 Å². The van der Waals surface area contributed by atoms with Gasteiger partial charge in [0.2, 0.25) is 0 Å². The minimum Gasteiger partial charge on any atom is -0.444 e. The van der Waals surface area contributed by atoms with Crippen molar-refractivity contribution in [3.8, 4) is 0 Å². The standard InChI is InChI=1S/C14H18N4O3/c1-14(2,3)21-13(20)17(4)11(9-19)10-7-15-12-5-6-16-18(12)8-10/h5-9,11H,1-4H3. The van der Waals surface area contributed by atoms with Gasteiger partial charge in [0.05, 0.1) is 6.20 Å². The van der Waals surface area contributed by atoms with E-state index in [0.29, 0.717) is 17.5 Å². The predicted octanol–water partition coefficient (Wildman–Crippen LogP) is 1.84. The Hall–Kier alpha value is -2.44. The molecule has 7 heteroatoms. The lowest BCUT2D eigenvalue weighted by Crippen LogP contribution is -2.37. The third-order valence-electron chi connectivity index (χ3n) is 2.84. The highest BCUT2D eigenvalue weighted by atomic mass is 16.6. The number of aromatic nitrogens is 3. The second kappa shape index (κ2) is 5.51. The normalized spacial score (nSPS) is 13.0. The van der Waals surface area contributed by atoms with Gasteiger partial charge < -0.3 is 9.53 Å². The molecular formula is C14H18N4O3. The summed E-state index contributed by atoms with van der Waals surface area (Å²) in [6, 6.07) is 0.970. The highest BCUT2D eigenvalue weighted by molar-refractivity contribution is 5.74. The molecule has 7 nitrogen and oxygen atoms in total. The quantitative estimate of drug-likeness (QED) is 0.806. The Bertz CT molecular complexity index is 660. The molecule has 2 aromatic rings. The number of hydrogen-bond acceptors (Lipinski definition) is 5. The lowest BCUT2D eigenvalue weighted by molar-refractivity contribution is -0.112. The van der Waals surface area contributed by atoms with Crippen molar-refractivity contribution >= 4 is 18.0 Å². The van der Waals surface area contributed by atoms with Gasteiger partial charge in [-0.3, -0.25) is 4.90 Å². The predicted molar refractivity (Wildman–Crippen MR) is 75.8 cm³/mol. The molecule has 2 rings (SSSR count). The molecule has 0 spiro atoms. The van der Waals surface area contributed by atoms with E-state index in [4.69, 9.17) is 4.74 Å². The second-order valence-electron chi connectivity index (χ2n) is 5.69. The molecule has 0 aliphatic carbocycles. The number of hydrogen-bond donors (Lipinski definition) is 0. The van der Waals surface area contributed by atoms with Crippen molar-refractivity contribution < 1.29 is 14.3 Å². The summed E-state index contributed by atoms with van der Waals surface area (Å²) in [5.41, 5.74) is 0.612. The lowest BCUT2D eigenvalue weighted by atomic mass is 10.1. The SMILES string of the molecule is CN(C(=O)OC(C)(C)C)C(C=O)c1cnc2ccnn2c1. The summed E-state index contributed by atoms with van der Waals surface area (Å²) in [6.07, 6.45) is 4.94. The van der Waals surface area contributed by atoms with E-state index in [-0.39, 0.29) is 0 Å². The first kappa shape index (κ1) is 15.0. The molecule has 0 aliphatic rings. The van der Waals surface area contributed by atoms with Gasteiger partial charge in [0.1, 0.15) is 17.9 Å². The number of rotatable bonds is 3. The summed E-state index contributed by atoms with van der Waals surface area (Å²) in [6.45, 7) is 5.31. The van der Waals surface area contributed by atoms with Gasteiger partial charge in [-0.2, -0.15) is 5.10 Å². The average molecular weight is 290 g/mol. The molecule has 1 unspecified atom stereocenters. The van der Waals surface area contributed by atoms with Crippen molar-refractivity contribution in [3.63, 3.8) is 0 Å². The molecule has 0 N–H and O–H groups in total. The zero-order valence-corrected chi connectivity index (χ0v) is 12.5. The Kier molecular flexibility index (Phi) is 3.93. The third kappa shape index (κ3) is 3.36. The van der Waals surface area contributed by atoms with Gasteiger partial charge in [0.25, 0.3) is 0 Å². The molecule has 21 heavy (non-hydrogen) atoms. The highest BCUT2D eigenvalue weighted by Gasteiger charge is 2.26. The van der Waals surface area contributed by atoms with Crippen molar-refractivity contribution in [1.82, 2.24) is 19.5 Å². The fourth-order valence-electron chi connectivity index (χ4n) is 1.82. The van der Waals surface area contributed by atoms with Gasteiger partial charge in [0, 0.05) is 31.1 Å². The van der Waals surface area contributed by atoms with Crippen molar-refractivity contribution in [3.05, 3.63) is 30.2 Å². The summed E-state index contributed by atoms with van der Waals surface area (Å²) in [5, 5.41) is 4.06. The number of likely N-dealkylation sites (N-methyl/N-ethyl adjacent to an activating group) is 1. The summed E-state index contributed by atoms with van der Waals surface area (Å²) >= 11 is 0. The molecule has 1 amide bonds. The molecule has 0 aliphatic heterocycles. The monoisotopic (exact) mass is 290 g/mol. The van der Waals surface area contributed by atoms with Crippen molar-refractivity contribution in [1.29, 1.82) is 0 Å². The van der Waals surface area contributed by atoms with Crippen LogP contribution in [0.5, 0.6) is 0 Å². The first-order chi connectivity index (χ1) is 9.81. The van der Waals surface area contributed by atoms with Crippen LogP contribution in [0.2, 0.25) is 0 Å². The number of fused-ring (bicyclic) bond motifs is 1. The van der Waals surface area contributed by atoms with Gasteiger partial charge in [-0.25, -0.2) is 14.3 Å². The molecule has 0 aromatic carbocycles. The van der Waals surface area contributed by atoms with Gasteiger partial charge in [-0.1, -0.05) is 0 Å². The first-order valence-corrected chi connectivity index (χ1v) is 6.52. The largest absolute Gasteiger partial charge is 0.444 e. The number of carbonyl (C=O) groups is 2. The van der Waals surface area contributed by atoms with Crippen LogP contribution in [-0.2, 0) is 9.53 Å². The van der Waals surface area contributed by atoms with Crippen molar-refractivity contribution in [2.24, 2.45) is 0 Å². The summed E-state index contributed by atoms with van der Waals surface area (Å²) in [7, 11) is 1.51. The van der Waals surface area contributed by atoms with Gasteiger partial charge in [-0.05, 0) is 20.8 Å². The topological polar surface area (TPSA) is 76.8 Å². The van der Waals surface area contributed by atoms with E-state index in [2.05, 4.69) is 10.1 Å². The van der Waals surface area contributed by atoms with E-state index >= 15 is 0 Å². The van der Waals surface area contributed by atoms with Gasteiger partial charge >= 0.3 is 6.09 Å². The summed E-state index contributed by atoms with van der Waals surface area (Å²) in [4.78, 5) is 28.9. The van der Waals surface area contributed by atoms with Crippen LogP contribution < -0.4 is 0 Å². The second-order valence-corrected chi connectivity index (χ2v) is 5.69. The van der Waals surface area contributed by atoms with Crippen LogP contribution in [0.3, 0.4) is 0 Å². The molecule has 0 radical (unpaired) electrons. The number of ether oxygens (including phenoxy) is 1. The Balaban J connectivity index is 2.25. The van der Waals surface area contributed by atoms with Gasteiger partial charge in [0.15, 0.2) is 5.65 Å². The Morgan fingerprint density at radius 2 is 2.19 bits per heavy atom. The molecule has 2 heterocycles. The molecule has 0 bridgehead atoms. The van der Waals surface area contributed by atoms with E-state index in [1.807, 2.05) is 0 Å². The van der Waals surface area contributed by atoms with Crippen LogP contribution in [0.1, 0.15) is 32.4 Å². The summed E-state index contributed by atoms with van der Waals surface area (Å²) in [5.74, 6) is 0. The lowest BCUT2D eigenvalue weighted by Gasteiger charge is -2.27. The van der Waals surface area contributed by atoms with Crippen molar-refractivity contribution in [2.75, 3.05) is 7.05 Å². The molecule has 112 valence electrons. The molecular weight excluding hydrogens is 272 g/mol. The molecule has 0 saturated carbocycles. The minimum atomic E-state index is -0.777. The minimum absolute atomic E-state index is 0.564. The number of carbonyl (C=O) groups excluding carboxylic acids is 2. The smallest absolute Gasteiger partial charge is 0.410 e. The van der Waals surface area contributed by atoms with Crippen molar-refractivity contribution in [2.45, 2.75) is 32.4 Å². The number of amides is 1. The Morgan fingerprint density at radius 1 is 1.48 bits per heavy atom. The average Bonchev–Trinajstić information content (AvgIpc) is 2.84. The molecule has 0 fully saturated rings. The first-order valence-electron chi connectivity index (χ1n) is 6.52. The Morgan fingerprint density at radius 3 is 2.81 bits per heavy atom. The number of nitrogens with zero attached hydrogens (tertiary/aromatic N) is 4. The van der Waals surface area contributed by atoms with Gasteiger partial charge in [-0.15, -0.1) is 0 Å². The van der Waals surface area contributed by atoms with Crippen LogP contribution in [0.4, 0.5) is 4.79 Å². The maximum absolute atomic E-state index is 12.0. The van der Waals surface area contributed by atoms with Crippen LogP contribution in [-0.4, -0.2) is 44.5 Å².